The molecule has 2 aromatic heterocycles. The maximum absolute atomic E-state index is 12.9. The lowest BCUT2D eigenvalue weighted by atomic mass is 10.2. The van der Waals surface area contributed by atoms with Gasteiger partial charge in [-0.3, -0.25) is 18.7 Å². The van der Waals surface area contributed by atoms with Gasteiger partial charge in [0.2, 0.25) is 5.95 Å². The van der Waals surface area contributed by atoms with E-state index in [4.69, 9.17) is 5.11 Å². The molecule has 2 N–H and O–H groups in total. The molecule has 3 heterocycles. The Morgan fingerprint density at radius 2 is 1.93 bits per heavy atom. The number of anilines is 1. The van der Waals surface area contributed by atoms with Gasteiger partial charge in [0.05, 0.1) is 6.54 Å². The number of carboxylic acid groups (broad SMARTS) is 1. The summed E-state index contributed by atoms with van der Waals surface area (Å²) in [6.07, 6.45) is 1.25. The van der Waals surface area contributed by atoms with Crippen molar-refractivity contribution in [3.8, 4) is 0 Å². The Bertz CT molecular complexity index is 1020. The Balaban J connectivity index is 1.87. The van der Waals surface area contributed by atoms with Gasteiger partial charge in [-0.2, -0.15) is 4.98 Å². The minimum Gasteiger partial charge on any atom is -0.480 e. The van der Waals surface area contributed by atoms with Crippen LogP contribution in [0.15, 0.2) is 41.5 Å². The van der Waals surface area contributed by atoms with E-state index in [1.807, 2.05) is 34.9 Å². The topological polar surface area (TPSA) is 105 Å². The number of aliphatic carboxylic acids is 1. The van der Waals surface area contributed by atoms with Crippen molar-refractivity contribution >= 4 is 23.1 Å². The number of carbonyl (C=O) groups is 1. The predicted molar refractivity (Wildman–Crippen MR) is 100 cm³/mol. The molecule has 3 aromatic rings. The van der Waals surface area contributed by atoms with E-state index in [1.54, 1.807) is 0 Å². The van der Waals surface area contributed by atoms with Crippen LogP contribution < -0.4 is 15.8 Å². The fraction of sp³-hybridized carbons (Fsp3) is 0.333. The van der Waals surface area contributed by atoms with Gasteiger partial charge in [0.1, 0.15) is 12.9 Å². The second-order valence-corrected chi connectivity index (χ2v) is 6.46. The van der Waals surface area contributed by atoms with Crippen LogP contribution in [-0.4, -0.2) is 56.4 Å². The fourth-order valence-electron chi connectivity index (χ4n) is 3.32. The minimum atomic E-state index is -1.09. The van der Waals surface area contributed by atoms with Crippen molar-refractivity contribution < 1.29 is 9.90 Å². The molecule has 1 aromatic carbocycles. The molecule has 1 saturated heterocycles. The lowest BCUT2D eigenvalue weighted by Crippen LogP contribution is -2.44. The highest BCUT2D eigenvalue weighted by molar-refractivity contribution is 5.75. The highest BCUT2D eigenvalue weighted by atomic mass is 16.4. The molecule has 4 rings (SSSR count). The van der Waals surface area contributed by atoms with Gasteiger partial charge in [-0.1, -0.05) is 30.3 Å². The van der Waals surface area contributed by atoms with E-state index < -0.39 is 18.1 Å². The summed E-state index contributed by atoms with van der Waals surface area (Å²) < 4.78 is 2.96. The SMILES string of the molecule is O=C(O)Cn1cnc2nc(N3CCNCC3)n(Cc3ccccc3)c2c1=O. The van der Waals surface area contributed by atoms with E-state index in [1.165, 1.54) is 6.33 Å². The molecule has 0 unspecified atom stereocenters. The molecule has 0 atom stereocenters. The molecule has 27 heavy (non-hydrogen) atoms. The van der Waals surface area contributed by atoms with E-state index in [-0.39, 0.29) is 0 Å². The van der Waals surface area contributed by atoms with E-state index >= 15 is 0 Å². The third-order valence-electron chi connectivity index (χ3n) is 4.60. The molecule has 0 radical (unpaired) electrons. The van der Waals surface area contributed by atoms with Gasteiger partial charge >= 0.3 is 5.97 Å². The molecule has 1 aliphatic rings. The molecular weight excluding hydrogens is 348 g/mol. The van der Waals surface area contributed by atoms with Crippen LogP contribution in [0.25, 0.3) is 11.2 Å². The summed E-state index contributed by atoms with van der Waals surface area (Å²) in [6.45, 7) is 3.27. The summed E-state index contributed by atoms with van der Waals surface area (Å²) >= 11 is 0. The van der Waals surface area contributed by atoms with Crippen molar-refractivity contribution in [3.63, 3.8) is 0 Å². The number of nitrogens with zero attached hydrogens (tertiary/aromatic N) is 5. The zero-order chi connectivity index (χ0) is 18.8. The average molecular weight is 368 g/mol. The summed E-state index contributed by atoms with van der Waals surface area (Å²) in [5.74, 6) is -0.400. The summed E-state index contributed by atoms with van der Waals surface area (Å²) in [7, 11) is 0. The van der Waals surface area contributed by atoms with E-state index in [0.717, 1.165) is 36.3 Å². The Hall–Kier alpha value is -3.20. The lowest BCUT2D eigenvalue weighted by Gasteiger charge is -2.28. The number of fused-ring (bicyclic) bond motifs is 1. The van der Waals surface area contributed by atoms with Gasteiger partial charge in [-0.05, 0) is 5.56 Å². The Labute approximate surface area is 154 Å². The molecule has 0 spiro atoms. The minimum absolute atomic E-state index is 0.330. The standard InChI is InChI=1S/C18H20N6O3/c25-14(26)11-23-12-20-16-15(17(23)27)24(10-13-4-2-1-3-5-13)18(21-16)22-8-6-19-7-9-22/h1-5,12,19H,6-11H2,(H,25,26). The summed E-state index contributed by atoms with van der Waals surface area (Å²) in [5, 5.41) is 12.4. The normalized spacial score (nSPS) is 14.6. The van der Waals surface area contributed by atoms with Crippen molar-refractivity contribution in [2.45, 2.75) is 13.1 Å². The van der Waals surface area contributed by atoms with Gasteiger partial charge in [0.15, 0.2) is 11.2 Å². The maximum Gasteiger partial charge on any atom is 0.323 e. The van der Waals surface area contributed by atoms with Gasteiger partial charge in [-0.25, -0.2) is 4.98 Å². The van der Waals surface area contributed by atoms with Gasteiger partial charge < -0.3 is 15.3 Å². The van der Waals surface area contributed by atoms with Crippen molar-refractivity contribution in [2.24, 2.45) is 0 Å². The van der Waals surface area contributed by atoms with E-state index in [0.29, 0.717) is 23.7 Å². The first kappa shape index (κ1) is 17.2. The number of rotatable bonds is 5. The number of aromatic nitrogens is 4. The van der Waals surface area contributed by atoms with Crippen LogP contribution >= 0.6 is 0 Å². The van der Waals surface area contributed by atoms with Crippen LogP contribution in [0.2, 0.25) is 0 Å². The lowest BCUT2D eigenvalue weighted by molar-refractivity contribution is -0.137. The summed E-state index contributed by atoms with van der Waals surface area (Å²) in [5.41, 5.74) is 1.30. The molecular formula is C18H20N6O3. The van der Waals surface area contributed by atoms with Crippen LogP contribution in [0.3, 0.4) is 0 Å². The second-order valence-electron chi connectivity index (χ2n) is 6.46. The highest BCUT2D eigenvalue weighted by Gasteiger charge is 2.22. The molecule has 1 aliphatic heterocycles. The zero-order valence-electron chi connectivity index (χ0n) is 14.7. The third-order valence-corrected chi connectivity index (χ3v) is 4.60. The van der Waals surface area contributed by atoms with Crippen molar-refractivity contribution in [1.29, 1.82) is 0 Å². The number of imidazole rings is 1. The van der Waals surface area contributed by atoms with Crippen LogP contribution in [0.4, 0.5) is 5.95 Å². The van der Waals surface area contributed by atoms with E-state index in [9.17, 15) is 9.59 Å². The molecule has 9 nitrogen and oxygen atoms in total. The largest absolute Gasteiger partial charge is 0.480 e. The number of benzene rings is 1. The quantitative estimate of drug-likeness (QED) is 0.660. The van der Waals surface area contributed by atoms with Crippen LogP contribution in [0.1, 0.15) is 5.56 Å². The second kappa shape index (κ2) is 7.20. The number of hydrogen-bond acceptors (Lipinski definition) is 6. The molecule has 140 valence electrons. The fourth-order valence-corrected chi connectivity index (χ4v) is 3.32. The molecule has 1 fully saturated rings. The van der Waals surface area contributed by atoms with Gasteiger partial charge in [-0.15, -0.1) is 0 Å². The number of carboxylic acids is 1. The first-order valence-electron chi connectivity index (χ1n) is 8.80. The Morgan fingerprint density at radius 3 is 2.63 bits per heavy atom. The monoisotopic (exact) mass is 368 g/mol. The maximum atomic E-state index is 12.9. The number of hydrogen-bond donors (Lipinski definition) is 2. The smallest absolute Gasteiger partial charge is 0.323 e. The zero-order valence-corrected chi connectivity index (χ0v) is 14.7. The Morgan fingerprint density at radius 1 is 1.19 bits per heavy atom. The van der Waals surface area contributed by atoms with Crippen molar-refractivity contribution in [1.82, 2.24) is 24.4 Å². The first-order valence-corrected chi connectivity index (χ1v) is 8.80. The Kier molecular flexibility index (Phi) is 4.59. The van der Waals surface area contributed by atoms with Crippen LogP contribution in [-0.2, 0) is 17.9 Å². The predicted octanol–water partition coefficient (Wildman–Crippen LogP) is 0.136. The highest BCUT2D eigenvalue weighted by Crippen LogP contribution is 2.21. The van der Waals surface area contributed by atoms with Crippen molar-refractivity contribution in [3.05, 3.63) is 52.6 Å². The van der Waals surface area contributed by atoms with Gasteiger partial charge in [0.25, 0.3) is 5.56 Å². The van der Waals surface area contributed by atoms with Gasteiger partial charge in [0, 0.05) is 26.2 Å². The van der Waals surface area contributed by atoms with E-state index in [2.05, 4.69) is 20.2 Å². The van der Waals surface area contributed by atoms with Crippen LogP contribution in [0.5, 0.6) is 0 Å². The van der Waals surface area contributed by atoms with Crippen molar-refractivity contribution in [2.75, 3.05) is 31.1 Å². The molecule has 0 aliphatic carbocycles. The third kappa shape index (κ3) is 3.41. The molecule has 9 heteroatoms. The number of piperazine rings is 1. The van der Waals surface area contributed by atoms with Crippen LogP contribution in [0, 0.1) is 0 Å². The molecule has 0 saturated carbocycles. The average Bonchev–Trinajstić information content (AvgIpc) is 3.04. The molecule has 0 amide bonds. The first-order chi connectivity index (χ1) is 13.1. The summed E-state index contributed by atoms with van der Waals surface area (Å²) in [4.78, 5) is 35.0. The number of nitrogens with one attached hydrogen (secondary N) is 1. The molecule has 0 bridgehead atoms. The summed E-state index contributed by atoms with van der Waals surface area (Å²) in [6, 6.07) is 9.80.